The molecule has 3 aliphatic rings. The standard InChI is InChI=1S/C22H35N5O4S/c1-14-8-15-11-23-25-21(15)19(9-14)32(29,30)27(5)12-20(28)24-16-6-7-17-18(10-16)31-22(2,3)13-26(17)4/h6-7,10,14-15,19,21,23,25H,8-9,11-13H2,1-5H3,(H,24,28). The van der Waals surface area contributed by atoms with Gasteiger partial charge in [0.15, 0.2) is 0 Å². The minimum absolute atomic E-state index is 0.125. The number of nitrogens with zero attached hydrogens (tertiary/aromatic N) is 2. The molecule has 4 atom stereocenters. The molecule has 3 N–H and O–H groups in total. The van der Waals surface area contributed by atoms with Gasteiger partial charge in [0.1, 0.15) is 11.4 Å². The van der Waals surface area contributed by atoms with E-state index in [0.717, 1.165) is 25.2 Å². The third-order valence-electron chi connectivity index (χ3n) is 6.72. The number of carbonyl (C=O) groups is 1. The first-order chi connectivity index (χ1) is 15.0. The molecule has 9 nitrogen and oxygen atoms in total. The molecule has 1 amide bonds. The van der Waals surface area contributed by atoms with Crippen LogP contribution in [0.15, 0.2) is 18.2 Å². The Balaban J connectivity index is 1.43. The summed E-state index contributed by atoms with van der Waals surface area (Å²) in [5, 5.41) is 2.28. The van der Waals surface area contributed by atoms with Crippen molar-refractivity contribution in [2.24, 2.45) is 11.8 Å². The average molecular weight is 466 g/mol. The lowest BCUT2D eigenvalue weighted by Crippen LogP contribution is -2.53. The number of hydrogen-bond acceptors (Lipinski definition) is 7. The normalized spacial score (nSPS) is 29.2. The number of fused-ring (bicyclic) bond motifs is 2. The van der Waals surface area contributed by atoms with E-state index < -0.39 is 15.3 Å². The van der Waals surface area contributed by atoms with Gasteiger partial charge < -0.3 is 15.0 Å². The Bertz CT molecular complexity index is 983. The van der Waals surface area contributed by atoms with Crippen molar-refractivity contribution in [3.05, 3.63) is 18.2 Å². The molecule has 4 rings (SSSR count). The number of sulfonamides is 1. The van der Waals surface area contributed by atoms with Gasteiger partial charge in [0, 0.05) is 38.4 Å². The van der Waals surface area contributed by atoms with Crippen LogP contribution in [-0.2, 0) is 14.8 Å². The number of benzene rings is 1. The molecule has 0 aromatic heterocycles. The van der Waals surface area contributed by atoms with Crippen molar-refractivity contribution in [3.63, 3.8) is 0 Å². The molecule has 2 aliphatic heterocycles. The molecule has 178 valence electrons. The number of ether oxygens (including phenoxy) is 1. The van der Waals surface area contributed by atoms with Crippen LogP contribution < -0.4 is 25.8 Å². The SMILES string of the molecule is CC1CC2CNNC2C(S(=O)(=O)N(C)CC(=O)Nc2ccc3c(c2)OC(C)(C)CN3C)C1. The Morgan fingerprint density at radius 1 is 1.34 bits per heavy atom. The van der Waals surface area contributed by atoms with Gasteiger partial charge in [-0.15, -0.1) is 0 Å². The highest BCUT2D eigenvalue weighted by Gasteiger charge is 2.47. The van der Waals surface area contributed by atoms with Crippen molar-refractivity contribution in [2.75, 3.05) is 43.9 Å². The molecule has 1 aliphatic carbocycles. The first kappa shape index (κ1) is 23.3. The Morgan fingerprint density at radius 3 is 2.84 bits per heavy atom. The molecule has 1 aromatic carbocycles. The zero-order valence-corrected chi connectivity index (χ0v) is 20.3. The molecule has 1 saturated carbocycles. The quantitative estimate of drug-likeness (QED) is 0.604. The van der Waals surface area contributed by atoms with Crippen LogP contribution in [0.25, 0.3) is 0 Å². The van der Waals surface area contributed by atoms with Gasteiger partial charge >= 0.3 is 0 Å². The fourth-order valence-electron chi connectivity index (χ4n) is 5.34. The zero-order valence-electron chi connectivity index (χ0n) is 19.5. The highest BCUT2D eigenvalue weighted by Crippen LogP contribution is 2.38. The van der Waals surface area contributed by atoms with E-state index >= 15 is 0 Å². The second kappa shape index (κ2) is 8.48. The van der Waals surface area contributed by atoms with E-state index in [1.54, 1.807) is 6.07 Å². The van der Waals surface area contributed by atoms with E-state index in [2.05, 4.69) is 28.0 Å². The summed E-state index contributed by atoms with van der Waals surface area (Å²) in [5.41, 5.74) is 7.46. The molecule has 1 aromatic rings. The monoisotopic (exact) mass is 465 g/mol. The second-order valence-electron chi connectivity index (χ2n) is 10.2. The van der Waals surface area contributed by atoms with Gasteiger partial charge in [-0.05, 0) is 50.7 Å². The van der Waals surface area contributed by atoms with Crippen LogP contribution in [0.3, 0.4) is 0 Å². The number of amides is 1. The van der Waals surface area contributed by atoms with Gasteiger partial charge in [-0.25, -0.2) is 8.42 Å². The fraction of sp³-hybridized carbons (Fsp3) is 0.682. The smallest absolute Gasteiger partial charge is 0.239 e. The number of anilines is 2. The van der Waals surface area contributed by atoms with Crippen LogP contribution >= 0.6 is 0 Å². The molecule has 2 heterocycles. The van der Waals surface area contributed by atoms with Crippen molar-refractivity contribution in [2.45, 2.75) is 50.5 Å². The maximum absolute atomic E-state index is 13.3. The van der Waals surface area contributed by atoms with Crippen molar-refractivity contribution in [1.29, 1.82) is 0 Å². The molecule has 0 bridgehead atoms. The highest BCUT2D eigenvalue weighted by molar-refractivity contribution is 7.89. The van der Waals surface area contributed by atoms with E-state index in [4.69, 9.17) is 4.74 Å². The van der Waals surface area contributed by atoms with Crippen LogP contribution in [0, 0.1) is 11.8 Å². The molecular formula is C22H35N5O4S. The number of nitrogens with one attached hydrogen (secondary N) is 3. The molecule has 1 saturated heterocycles. The number of likely N-dealkylation sites (N-methyl/N-ethyl adjacent to an activating group) is 2. The van der Waals surface area contributed by atoms with E-state index in [1.165, 1.54) is 11.4 Å². The average Bonchev–Trinajstić information content (AvgIpc) is 3.14. The zero-order chi connectivity index (χ0) is 23.3. The lowest BCUT2D eigenvalue weighted by Gasteiger charge is -2.39. The van der Waals surface area contributed by atoms with Gasteiger partial charge in [0.05, 0.1) is 24.0 Å². The Kier molecular flexibility index (Phi) is 6.17. The number of hydrazine groups is 1. The number of hydrogen-bond donors (Lipinski definition) is 3. The van der Waals surface area contributed by atoms with Crippen LogP contribution in [-0.4, -0.2) is 69.3 Å². The predicted octanol–water partition coefficient (Wildman–Crippen LogP) is 1.39. The summed E-state index contributed by atoms with van der Waals surface area (Å²) in [5.74, 6) is 0.943. The summed E-state index contributed by atoms with van der Waals surface area (Å²) in [6, 6.07) is 5.38. The second-order valence-corrected chi connectivity index (χ2v) is 12.4. The number of carbonyl (C=O) groups excluding carboxylic acids is 1. The largest absolute Gasteiger partial charge is 0.484 e. The van der Waals surface area contributed by atoms with Crippen LogP contribution in [0.4, 0.5) is 11.4 Å². The third-order valence-corrected chi connectivity index (χ3v) is 8.97. The molecular weight excluding hydrogens is 430 g/mol. The van der Waals surface area contributed by atoms with Gasteiger partial charge in [-0.3, -0.25) is 15.6 Å². The van der Waals surface area contributed by atoms with Crippen molar-refractivity contribution >= 4 is 27.3 Å². The lowest BCUT2D eigenvalue weighted by atomic mass is 9.79. The summed E-state index contributed by atoms with van der Waals surface area (Å²) in [6.45, 7) is 7.44. The van der Waals surface area contributed by atoms with Crippen molar-refractivity contribution < 1.29 is 17.9 Å². The molecule has 0 spiro atoms. The van der Waals surface area contributed by atoms with Gasteiger partial charge in [0.25, 0.3) is 0 Å². The van der Waals surface area contributed by atoms with Gasteiger partial charge in [-0.1, -0.05) is 6.92 Å². The maximum atomic E-state index is 13.3. The first-order valence-corrected chi connectivity index (χ1v) is 12.7. The molecule has 0 radical (unpaired) electrons. The molecule has 32 heavy (non-hydrogen) atoms. The summed E-state index contributed by atoms with van der Waals surface area (Å²) in [6.07, 6.45) is 1.60. The van der Waals surface area contributed by atoms with Gasteiger partial charge in [-0.2, -0.15) is 4.31 Å². The maximum Gasteiger partial charge on any atom is 0.239 e. The summed E-state index contributed by atoms with van der Waals surface area (Å²) < 4.78 is 33.9. The minimum atomic E-state index is -3.63. The minimum Gasteiger partial charge on any atom is -0.484 e. The Labute approximate surface area is 190 Å². The molecule has 10 heteroatoms. The van der Waals surface area contributed by atoms with Gasteiger partial charge in [0.2, 0.25) is 15.9 Å². The first-order valence-electron chi connectivity index (χ1n) is 11.2. The van der Waals surface area contributed by atoms with Crippen molar-refractivity contribution in [3.8, 4) is 5.75 Å². The van der Waals surface area contributed by atoms with E-state index in [1.807, 2.05) is 33.0 Å². The summed E-state index contributed by atoms with van der Waals surface area (Å²) >= 11 is 0. The highest BCUT2D eigenvalue weighted by atomic mass is 32.2. The molecule has 4 unspecified atom stereocenters. The van der Waals surface area contributed by atoms with Crippen LogP contribution in [0.1, 0.15) is 33.6 Å². The summed E-state index contributed by atoms with van der Waals surface area (Å²) in [7, 11) is -0.143. The van der Waals surface area contributed by atoms with E-state index in [9.17, 15) is 13.2 Å². The number of rotatable bonds is 5. The Hall–Kier alpha value is -1.88. The lowest BCUT2D eigenvalue weighted by molar-refractivity contribution is -0.116. The van der Waals surface area contributed by atoms with E-state index in [-0.39, 0.29) is 24.1 Å². The van der Waals surface area contributed by atoms with Crippen LogP contribution in [0.2, 0.25) is 0 Å². The molecule has 2 fully saturated rings. The Morgan fingerprint density at radius 2 is 2.09 bits per heavy atom. The van der Waals surface area contributed by atoms with Crippen molar-refractivity contribution in [1.82, 2.24) is 15.2 Å². The van der Waals surface area contributed by atoms with E-state index in [0.29, 0.717) is 29.7 Å². The third kappa shape index (κ3) is 4.59. The fourth-order valence-corrected chi connectivity index (χ4v) is 7.33. The summed E-state index contributed by atoms with van der Waals surface area (Å²) in [4.78, 5) is 14.8. The topological polar surface area (TPSA) is 103 Å². The van der Waals surface area contributed by atoms with Crippen LogP contribution in [0.5, 0.6) is 5.75 Å². The predicted molar refractivity (Wildman–Crippen MR) is 125 cm³/mol.